The van der Waals surface area contributed by atoms with Gasteiger partial charge in [-0.05, 0) is 18.2 Å². The number of hydrogen-bond acceptors (Lipinski definition) is 8. The minimum Gasteiger partial charge on any atom is -0.378 e. The van der Waals surface area contributed by atoms with Gasteiger partial charge in [-0.15, -0.1) is 5.10 Å². The molecule has 1 N–H and O–H groups in total. The molecule has 5 rings (SSSR count). The van der Waals surface area contributed by atoms with E-state index in [9.17, 15) is 14.0 Å². The number of ether oxygens (including phenoxy) is 1. The highest BCUT2D eigenvalue weighted by Gasteiger charge is 2.20. The van der Waals surface area contributed by atoms with Gasteiger partial charge in [-0.2, -0.15) is 0 Å². The summed E-state index contributed by atoms with van der Waals surface area (Å²) in [4.78, 5) is 14.7. The van der Waals surface area contributed by atoms with Crippen LogP contribution in [0.15, 0.2) is 36.8 Å². The monoisotopic (exact) mass is 427 g/mol. The van der Waals surface area contributed by atoms with Gasteiger partial charge in [-0.25, -0.2) is 28.3 Å². The van der Waals surface area contributed by atoms with Gasteiger partial charge in [-0.1, -0.05) is 0 Å². The van der Waals surface area contributed by atoms with E-state index in [1.807, 2.05) is 18.3 Å². The molecule has 0 saturated carbocycles. The highest BCUT2D eigenvalue weighted by atomic mass is 19.3. The molecule has 4 aromatic heterocycles. The molecule has 1 fully saturated rings. The highest BCUT2D eigenvalue weighted by Crippen LogP contribution is 2.33. The molecule has 160 valence electrons. The third-order valence-corrected chi connectivity index (χ3v) is 5.26. The SMILES string of the molecule is CN(O)c1cc2c(-c3nc4ccc(N5CCOCC5)cn4n3)cnc(C(F)F)c2cn1. The Balaban J connectivity index is 1.64. The zero-order chi connectivity index (χ0) is 21.5. The molecule has 31 heavy (non-hydrogen) atoms. The van der Waals surface area contributed by atoms with Gasteiger partial charge < -0.3 is 9.64 Å². The molecule has 0 bridgehead atoms. The molecule has 0 spiro atoms. The van der Waals surface area contributed by atoms with Crippen molar-refractivity contribution in [2.45, 2.75) is 6.43 Å². The number of aromatic nitrogens is 5. The summed E-state index contributed by atoms with van der Waals surface area (Å²) in [5.74, 6) is 0.550. The molecule has 0 amide bonds. The zero-order valence-electron chi connectivity index (χ0n) is 16.6. The number of halogens is 2. The maximum atomic E-state index is 13.5. The van der Waals surface area contributed by atoms with Crippen LogP contribution in [0.25, 0.3) is 27.8 Å². The first-order valence-electron chi connectivity index (χ1n) is 9.70. The lowest BCUT2D eigenvalue weighted by Gasteiger charge is -2.28. The van der Waals surface area contributed by atoms with Gasteiger partial charge >= 0.3 is 0 Å². The number of rotatable bonds is 4. The van der Waals surface area contributed by atoms with Crippen molar-refractivity contribution >= 4 is 27.9 Å². The van der Waals surface area contributed by atoms with E-state index in [0.717, 1.165) is 23.8 Å². The smallest absolute Gasteiger partial charge is 0.281 e. The van der Waals surface area contributed by atoms with E-state index < -0.39 is 6.43 Å². The molecule has 1 aliphatic heterocycles. The normalized spacial score (nSPS) is 14.7. The van der Waals surface area contributed by atoms with Crippen LogP contribution < -0.4 is 9.96 Å². The lowest BCUT2D eigenvalue weighted by atomic mass is 10.1. The molecule has 5 heterocycles. The zero-order valence-corrected chi connectivity index (χ0v) is 16.6. The Labute approximate surface area is 175 Å². The van der Waals surface area contributed by atoms with Crippen molar-refractivity contribution in [3.63, 3.8) is 0 Å². The summed E-state index contributed by atoms with van der Waals surface area (Å²) in [5, 5.41) is 15.7. The van der Waals surface area contributed by atoms with Gasteiger partial charge in [0.05, 0.1) is 25.1 Å². The fourth-order valence-electron chi connectivity index (χ4n) is 3.67. The summed E-state index contributed by atoms with van der Waals surface area (Å²) in [7, 11) is 1.40. The summed E-state index contributed by atoms with van der Waals surface area (Å²) >= 11 is 0. The fraction of sp³-hybridized carbons (Fsp3) is 0.300. The molecular formula is C20H19F2N7O2. The van der Waals surface area contributed by atoms with Crippen molar-refractivity contribution < 1.29 is 18.7 Å². The van der Waals surface area contributed by atoms with Crippen LogP contribution >= 0.6 is 0 Å². The number of morpholine rings is 1. The van der Waals surface area contributed by atoms with E-state index in [1.165, 1.54) is 25.5 Å². The van der Waals surface area contributed by atoms with Gasteiger partial charge in [0.1, 0.15) is 5.69 Å². The second-order valence-electron chi connectivity index (χ2n) is 7.19. The average Bonchev–Trinajstić information content (AvgIpc) is 3.21. The fourth-order valence-corrected chi connectivity index (χ4v) is 3.67. The molecule has 11 heteroatoms. The third-order valence-electron chi connectivity index (χ3n) is 5.26. The largest absolute Gasteiger partial charge is 0.378 e. The lowest BCUT2D eigenvalue weighted by molar-refractivity contribution is 0.122. The highest BCUT2D eigenvalue weighted by molar-refractivity contribution is 5.97. The van der Waals surface area contributed by atoms with Crippen LogP contribution in [0.4, 0.5) is 20.3 Å². The van der Waals surface area contributed by atoms with E-state index in [-0.39, 0.29) is 16.9 Å². The Morgan fingerprint density at radius 1 is 1.13 bits per heavy atom. The van der Waals surface area contributed by atoms with Gasteiger partial charge in [0.25, 0.3) is 6.43 Å². The number of hydroxylamine groups is 1. The molecule has 9 nitrogen and oxygen atoms in total. The lowest BCUT2D eigenvalue weighted by Crippen LogP contribution is -2.36. The number of fused-ring (bicyclic) bond motifs is 2. The van der Waals surface area contributed by atoms with Crippen molar-refractivity contribution in [1.82, 2.24) is 24.6 Å². The first-order valence-corrected chi connectivity index (χ1v) is 9.70. The van der Waals surface area contributed by atoms with Crippen LogP contribution in [-0.2, 0) is 4.74 Å². The van der Waals surface area contributed by atoms with Crippen molar-refractivity contribution in [2.75, 3.05) is 43.3 Å². The van der Waals surface area contributed by atoms with E-state index in [2.05, 4.69) is 25.0 Å². The van der Waals surface area contributed by atoms with Crippen molar-refractivity contribution in [3.8, 4) is 11.4 Å². The first kappa shape index (κ1) is 19.5. The number of anilines is 2. The van der Waals surface area contributed by atoms with Crippen molar-refractivity contribution in [2.24, 2.45) is 0 Å². The summed E-state index contributed by atoms with van der Waals surface area (Å²) < 4.78 is 34.0. The Morgan fingerprint density at radius 2 is 1.94 bits per heavy atom. The maximum Gasteiger partial charge on any atom is 0.281 e. The molecule has 1 aliphatic rings. The standard InChI is InChI=1S/C20H19F2N7O2/c1-27(30)17-8-13-14(9-23-17)18(19(21)22)24-10-15(13)20-25-16-3-2-12(11-29(16)26-20)28-4-6-31-7-5-28/h2-3,8-11,19,30H,4-7H2,1H3. The van der Waals surface area contributed by atoms with Crippen LogP contribution in [0.5, 0.6) is 0 Å². The van der Waals surface area contributed by atoms with Crippen LogP contribution in [0.3, 0.4) is 0 Å². The second-order valence-corrected chi connectivity index (χ2v) is 7.19. The molecule has 0 aromatic carbocycles. The predicted molar refractivity (Wildman–Crippen MR) is 110 cm³/mol. The third kappa shape index (κ3) is 3.51. The summed E-state index contributed by atoms with van der Waals surface area (Å²) in [6.45, 7) is 2.93. The minimum absolute atomic E-state index is 0.186. The topological polar surface area (TPSA) is 91.9 Å². The van der Waals surface area contributed by atoms with E-state index in [0.29, 0.717) is 35.6 Å². The number of alkyl halides is 2. The van der Waals surface area contributed by atoms with E-state index in [4.69, 9.17) is 4.74 Å². The molecule has 0 atom stereocenters. The first-order chi connectivity index (χ1) is 15.0. The van der Waals surface area contributed by atoms with Crippen LogP contribution in [0.1, 0.15) is 12.1 Å². The Bertz CT molecular complexity index is 1260. The average molecular weight is 427 g/mol. The second kappa shape index (κ2) is 7.67. The summed E-state index contributed by atoms with van der Waals surface area (Å²) in [6, 6.07) is 5.35. The van der Waals surface area contributed by atoms with Crippen molar-refractivity contribution in [1.29, 1.82) is 0 Å². The number of hydrogen-bond donors (Lipinski definition) is 1. The van der Waals surface area contributed by atoms with Crippen molar-refractivity contribution in [3.05, 3.63) is 42.5 Å². The predicted octanol–water partition coefficient (Wildman–Crippen LogP) is 2.94. The summed E-state index contributed by atoms with van der Waals surface area (Å²) in [5.41, 5.74) is 1.71. The van der Waals surface area contributed by atoms with Crippen LogP contribution in [-0.4, -0.2) is 63.1 Å². The quantitative estimate of drug-likeness (QED) is 0.497. The maximum absolute atomic E-state index is 13.5. The molecule has 0 aliphatic carbocycles. The summed E-state index contributed by atoms with van der Waals surface area (Å²) in [6.07, 6.45) is 1.74. The Morgan fingerprint density at radius 3 is 2.68 bits per heavy atom. The molecule has 4 aromatic rings. The number of pyridine rings is 3. The van der Waals surface area contributed by atoms with Gasteiger partial charge in [-0.3, -0.25) is 10.2 Å². The van der Waals surface area contributed by atoms with E-state index in [1.54, 1.807) is 4.52 Å². The van der Waals surface area contributed by atoms with Crippen LogP contribution in [0.2, 0.25) is 0 Å². The molecule has 0 unspecified atom stereocenters. The van der Waals surface area contributed by atoms with E-state index >= 15 is 0 Å². The van der Waals surface area contributed by atoms with Crippen LogP contribution in [0, 0.1) is 0 Å². The molecule has 0 radical (unpaired) electrons. The number of nitrogens with zero attached hydrogens (tertiary/aromatic N) is 7. The molecule has 1 saturated heterocycles. The Kier molecular flexibility index (Phi) is 4.83. The van der Waals surface area contributed by atoms with Gasteiger partial charge in [0.15, 0.2) is 17.3 Å². The van der Waals surface area contributed by atoms with Gasteiger partial charge in [0, 0.05) is 48.9 Å². The minimum atomic E-state index is -2.76. The van der Waals surface area contributed by atoms with Gasteiger partial charge in [0.2, 0.25) is 0 Å². The molecular weight excluding hydrogens is 408 g/mol. The Hall–Kier alpha value is -3.44.